The van der Waals surface area contributed by atoms with Gasteiger partial charge in [0.25, 0.3) is 0 Å². The van der Waals surface area contributed by atoms with Crippen molar-refractivity contribution in [3.8, 4) is 22.3 Å². The summed E-state index contributed by atoms with van der Waals surface area (Å²) in [5.41, 5.74) is 13.8. The van der Waals surface area contributed by atoms with Gasteiger partial charge in [0.2, 0.25) is 0 Å². The predicted octanol–water partition coefficient (Wildman–Crippen LogP) is 13.8. The molecule has 7 aromatic rings. The minimum Gasteiger partial charge on any atom is -0.337 e. The molecule has 0 aliphatic heterocycles. The Hall–Kier alpha value is -3.68. The van der Waals surface area contributed by atoms with E-state index in [1.165, 1.54) is 169 Å². The van der Waals surface area contributed by atoms with E-state index in [0.717, 1.165) is 22.1 Å². The molecule has 5 nitrogen and oxygen atoms in total. The number of nitrogens with zero attached hydrogens (tertiary/aromatic N) is 5. The number of aryl methyl sites for hydroxylation is 2. The molecular weight excluding hydrogens is 651 g/mol. The molecule has 0 fully saturated rings. The van der Waals surface area contributed by atoms with Crippen molar-refractivity contribution in [1.82, 2.24) is 22.1 Å². The first-order valence-electron chi connectivity index (χ1n) is 19.1. The molecule has 3 heterocycles. The van der Waals surface area contributed by atoms with E-state index < -0.39 is 0 Å². The first kappa shape index (κ1) is 34.8. The van der Waals surface area contributed by atoms with Crippen molar-refractivity contribution in [2.24, 2.45) is 0 Å². The Morgan fingerprint density at radius 2 is 0.920 bits per heavy atom. The maximum atomic E-state index is 4.76. The molecule has 3 aromatic heterocycles. The van der Waals surface area contributed by atoms with Crippen molar-refractivity contribution in [2.45, 2.75) is 124 Å². The maximum Gasteiger partial charge on any atom is 0.112 e. The van der Waals surface area contributed by atoms with E-state index in [1.54, 1.807) is 0 Å². The van der Waals surface area contributed by atoms with Gasteiger partial charge in [-0.05, 0) is 61.1 Å². The summed E-state index contributed by atoms with van der Waals surface area (Å²) < 4.78 is 21.6. The SMILES string of the molecule is CCCCCCCCC(CCCCCCCC)n1c2cc(-c3ccc(C)c4nsnc34)ccc2c2ccc(-c3ccc(C)c4nsnc34)cc21. The third-order valence-corrected chi connectivity index (χ3v) is 11.9. The molecule has 7 rings (SSSR count). The Kier molecular flexibility index (Phi) is 11.2. The topological polar surface area (TPSA) is 56.5 Å². The van der Waals surface area contributed by atoms with Gasteiger partial charge in [-0.25, -0.2) is 0 Å². The van der Waals surface area contributed by atoms with Gasteiger partial charge < -0.3 is 4.57 Å². The molecule has 0 aliphatic rings. The van der Waals surface area contributed by atoms with E-state index in [-0.39, 0.29) is 0 Å². The fourth-order valence-corrected chi connectivity index (χ4v) is 9.18. The molecule has 0 radical (unpaired) electrons. The molecule has 0 amide bonds. The van der Waals surface area contributed by atoms with E-state index in [1.807, 2.05) is 0 Å². The maximum absolute atomic E-state index is 4.76. The second-order valence-corrected chi connectivity index (χ2v) is 15.4. The third-order valence-electron chi connectivity index (χ3n) is 10.8. The van der Waals surface area contributed by atoms with Crippen LogP contribution in [0.1, 0.15) is 121 Å². The summed E-state index contributed by atoms with van der Waals surface area (Å²) in [5.74, 6) is 0. The van der Waals surface area contributed by atoms with Crippen molar-refractivity contribution in [3.63, 3.8) is 0 Å². The molecule has 0 aliphatic carbocycles. The van der Waals surface area contributed by atoms with Crippen LogP contribution in [-0.2, 0) is 0 Å². The zero-order valence-corrected chi connectivity index (χ0v) is 31.9. The van der Waals surface area contributed by atoms with Gasteiger partial charge in [-0.3, -0.25) is 0 Å². The van der Waals surface area contributed by atoms with Crippen LogP contribution in [0.25, 0.3) is 66.1 Å². The molecule has 260 valence electrons. The summed E-state index contributed by atoms with van der Waals surface area (Å²) in [6.45, 7) is 8.87. The molecular formula is C43H51N5S2. The van der Waals surface area contributed by atoms with Crippen molar-refractivity contribution in [3.05, 3.63) is 71.8 Å². The lowest BCUT2D eigenvalue weighted by Crippen LogP contribution is -2.09. The van der Waals surface area contributed by atoms with Crippen LogP contribution in [0.15, 0.2) is 60.7 Å². The minimum absolute atomic E-state index is 0.441. The molecule has 0 saturated carbocycles. The Balaban J connectivity index is 1.36. The van der Waals surface area contributed by atoms with Gasteiger partial charge in [-0.2, -0.15) is 17.5 Å². The standard InChI is InChI=1S/C43H51N5S2/c1-5-7-9-11-13-15-17-33(18-16-14-12-10-8-6-2)48-38-27-31(34-23-19-29(3)40-42(34)46-49-44-40)21-25-36(38)37-26-22-32(28-39(37)48)35-24-20-30(4)41-43(35)47-50-45-41/h19-28,33H,5-18H2,1-4H3. The Labute approximate surface area is 305 Å². The first-order chi connectivity index (χ1) is 24.6. The normalized spacial score (nSPS) is 12.1. The van der Waals surface area contributed by atoms with Gasteiger partial charge in [0.05, 0.1) is 23.5 Å². The Morgan fingerprint density at radius 1 is 0.500 bits per heavy atom. The Morgan fingerprint density at radius 3 is 1.38 bits per heavy atom. The van der Waals surface area contributed by atoms with Gasteiger partial charge >= 0.3 is 0 Å². The van der Waals surface area contributed by atoms with Gasteiger partial charge in [-0.1, -0.05) is 139 Å². The quantitative estimate of drug-likeness (QED) is 0.0887. The molecule has 7 heteroatoms. The third kappa shape index (κ3) is 7.09. The number of aromatic nitrogens is 5. The summed E-state index contributed by atoms with van der Waals surface area (Å²) in [7, 11) is 0. The number of fused-ring (bicyclic) bond motifs is 5. The predicted molar refractivity (Wildman–Crippen MR) is 217 cm³/mol. The van der Waals surface area contributed by atoms with Crippen molar-refractivity contribution in [1.29, 1.82) is 0 Å². The molecule has 0 unspecified atom stereocenters. The van der Waals surface area contributed by atoms with Crippen LogP contribution in [0, 0.1) is 13.8 Å². The second-order valence-electron chi connectivity index (χ2n) is 14.4. The zero-order valence-electron chi connectivity index (χ0n) is 30.3. The van der Waals surface area contributed by atoms with E-state index in [9.17, 15) is 0 Å². The highest BCUT2D eigenvalue weighted by Crippen LogP contribution is 2.41. The van der Waals surface area contributed by atoms with Crippen LogP contribution in [0.5, 0.6) is 0 Å². The highest BCUT2D eigenvalue weighted by molar-refractivity contribution is 7.00. The number of hydrogen-bond acceptors (Lipinski definition) is 6. The highest BCUT2D eigenvalue weighted by Gasteiger charge is 2.21. The summed E-state index contributed by atoms with van der Waals surface area (Å²) in [5, 5.41) is 2.66. The van der Waals surface area contributed by atoms with Gasteiger partial charge in [0, 0.05) is 39.0 Å². The monoisotopic (exact) mass is 701 g/mol. The van der Waals surface area contributed by atoms with Crippen molar-refractivity contribution >= 4 is 67.3 Å². The van der Waals surface area contributed by atoms with Crippen molar-refractivity contribution < 1.29 is 0 Å². The number of benzene rings is 4. The lowest BCUT2D eigenvalue weighted by atomic mass is 9.98. The fourth-order valence-electron chi connectivity index (χ4n) is 7.95. The molecule has 0 spiro atoms. The van der Waals surface area contributed by atoms with Crippen molar-refractivity contribution in [2.75, 3.05) is 0 Å². The molecule has 4 aromatic carbocycles. The molecule has 0 N–H and O–H groups in total. The van der Waals surface area contributed by atoms with Gasteiger partial charge in [0.15, 0.2) is 0 Å². The van der Waals surface area contributed by atoms with Crippen LogP contribution in [0.3, 0.4) is 0 Å². The zero-order chi connectivity index (χ0) is 34.5. The van der Waals surface area contributed by atoms with Gasteiger partial charge in [0.1, 0.15) is 22.1 Å². The lowest BCUT2D eigenvalue weighted by Gasteiger charge is -2.22. The minimum atomic E-state index is 0.441. The largest absolute Gasteiger partial charge is 0.337 e. The van der Waals surface area contributed by atoms with Crippen LogP contribution in [0.4, 0.5) is 0 Å². The van der Waals surface area contributed by atoms with Crippen LogP contribution in [0.2, 0.25) is 0 Å². The molecule has 0 atom stereocenters. The van der Waals surface area contributed by atoms with E-state index in [0.29, 0.717) is 6.04 Å². The molecule has 50 heavy (non-hydrogen) atoms. The number of hydrogen-bond donors (Lipinski definition) is 0. The second kappa shape index (κ2) is 16.1. The van der Waals surface area contributed by atoms with Crippen LogP contribution >= 0.6 is 23.5 Å². The van der Waals surface area contributed by atoms with E-state index >= 15 is 0 Å². The first-order valence-corrected chi connectivity index (χ1v) is 20.6. The molecule has 0 bridgehead atoms. The fraction of sp³-hybridized carbons (Fsp3) is 0.442. The van der Waals surface area contributed by atoms with Gasteiger partial charge in [-0.15, -0.1) is 0 Å². The average Bonchev–Trinajstić information content (AvgIpc) is 3.89. The number of rotatable bonds is 17. The summed E-state index contributed by atoms with van der Waals surface area (Å²) >= 11 is 2.62. The summed E-state index contributed by atoms with van der Waals surface area (Å²) in [6, 6.07) is 23.5. The Bertz CT molecular complexity index is 2050. The van der Waals surface area contributed by atoms with Crippen LogP contribution in [-0.4, -0.2) is 22.1 Å². The lowest BCUT2D eigenvalue weighted by molar-refractivity contribution is 0.410. The smallest absolute Gasteiger partial charge is 0.112 e. The van der Waals surface area contributed by atoms with Crippen LogP contribution < -0.4 is 0 Å². The number of unbranched alkanes of at least 4 members (excludes halogenated alkanes) is 10. The molecule has 0 saturated heterocycles. The summed E-state index contributed by atoms with van der Waals surface area (Å²) in [4.78, 5) is 0. The highest BCUT2D eigenvalue weighted by atomic mass is 32.1. The summed E-state index contributed by atoms with van der Waals surface area (Å²) in [6.07, 6.45) is 18.3. The average molecular weight is 702 g/mol. The van der Waals surface area contributed by atoms with E-state index in [4.69, 9.17) is 8.75 Å². The van der Waals surface area contributed by atoms with E-state index in [2.05, 4.69) is 102 Å².